The van der Waals surface area contributed by atoms with Gasteiger partial charge in [0.2, 0.25) is 0 Å². The van der Waals surface area contributed by atoms with E-state index in [0.717, 1.165) is 28.2 Å². The lowest BCUT2D eigenvalue weighted by Gasteiger charge is -2.35. The molecule has 384 valence electrons. The van der Waals surface area contributed by atoms with Crippen LogP contribution in [0.2, 0.25) is 0 Å². The molecule has 0 heterocycles. The molecule has 14 aromatic carbocycles. The normalized spacial score (nSPS) is 12.2. The first-order chi connectivity index (χ1) is 40.7. The van der Waals surface area contributed by atoms with Crippen LogP contribution in [0.25, 0.3) is 99.4 Å². The first-order valence-electron chi connectivity index (χ1n) is 28.4. The average Bonchev–Trinajstić information content (AvgIpc) is 2.60. The Kier molecular flexibility index (Phi) is 12.2. The number of anilines is 3. The standard InChI is InChI=1S/C81H55N/c1-7-24-59(25-8-1)77-73-51-45-65(54-74(73)78(60-26-9-2-10-27-60)80(62-30-13-4-14-31-62)79(77)61-28-11-3-12-29-61)58-43-48-69(49-44-58)82(68-46-41-57(42-47-68)64-40-39-56-23-19-20-32-63(56)53-64)70-50-52-72-71-37-21-22-38-75(71)81(76(72)55-70,66-33-15-5-16-34-66)67-35-17-6-18-36-67/h1-55H. The Hall–Kier alpha value is -10.6. The van der Waals surface area contributed by atoms with E-state index in [1.54, 1.807) is 0 Å². The molecule has 0 atom stereocenters. The predicted octanol–water partition coefficient (Wildman–Crippen LogP) is 21.8. The second kappa shape index (κ2) is 20.6. The van der Waals surface area contributed by atoms with Gasteiger partial charge in [-0.2, -0.15) is 0 Å². The summed E-state index contributed by atoms with van der Waals surface area (Å²) < 4.78 is 0. The van der Waals surface area contributed by atoms with Gasteiger partial charge in [-0.05, 0) is 170 Å². The van der Waals surface area contributed by atoms with Gasteiger partial charge >= 0.3 is 0 Å². The predicted molar refractivity (Wildman–Crippen MR) is 346 cm³/mol. The molecule has 82 heavy (non-hydrogen) atoms. The molecule has 0 unspecified atom stereocenters. The van der Waals surface area contributed by atoms with Gasteiger partial charge in [0, 0.05) is 17.1 Å². The fourth-order valence-corrected chi connectivity index (χ4v) is 13.3. The number of nitrogens with zero attached hydrogens (tertiary/aromatic N) is 1. The molecule has 14 aromatic rings. The summed E-state index contributed by atoms with van der Waals surface area (Å²) in [6, 6.07) is 123. The zero-order valence-corrected chi connectivity index (χ0v) is 45.2. The van der Waals surface area contributed by atoms with Gasteiger partial charge in [0.25, 0.3) is 0 Å². The maximum atomic E-state index is 2.47. The summed E-state index contributed by atoms with van der Waals surface area (Å²) in [5.74, 6) is 0. The van der Waals surface area contributed by atoms with Crippen LogP contribution in [-0.4, -0.2) is 0 Å². The van der Waals surface area contributed by atoms with Gasteiger partial charge in [-0.25, -0.2) is 0 Å². The molecule has 0 fully saturated rings. The molecule has 0 spiro atoms. The van der Waals surface area contributed by atoms with E-state index in [0.29, 0.717) is 0 Å². The SMILES string of the molecule is c1ccc(-c2c(-c3ccccc3)c(-c3ccccc3)c3cc(-c4ccc(N(c5ccc(-c6ccc7ccccc7c6)cc5)c5ccc6c(c5)C(c5ccccc5)(c5ccccc5)c5ccccc5-6)cc4)ccc3c2-c2ccccc2)cc1. The number of hydrogen-bond acceptors (Lipinski definition) is 1. The topological polar surface area (TPSA) is 3.24 Å². The molecule has 1 aliphatic carbocycles. The lowest BCUT2D eigenvalue weighted by atomic mass is 9.67. The van der Waals surface area contributed by atoms with E-state index in [9.17, 15) is 0 Å². The lowest BCUT2D eigenvalue weighted by molar-refractivity contribution is 0.768. The van der Waals surface area contributed by atoms with Crippen LogP contribution < -0.4 is 4.90 Å². The summed E-state index contributed by atoms with van der Waals surface area (Å²) in [5.41, 5.74) is 24.5. The van der Waals surface area contributed by atoms with Gasteiger partial charge in [-0.3, -0.25) is 0 Å². The van der Waals surface area contributed by atoms with E-state index < -0.39 is 5.41 Å². The summed E-state index contributed by atoms with van der Waals surface area (Å²) in [7, 11) is 0. The molecule has 0 N–H and O–H groups in total. The lowest BCUT2D eigenvalue weighted by Crippen LogP contribution is -2.28. The van der Waals surface area contributed by atoms with Gasteiger partial charge in [0.1, 0.15) is 0 Å². The molecular weight excluding hydrogens is 987 g/mol. The molecule has 0 saturated heterocycles. The van der Waals surface area contributed by atoms with E-state index in [2.05, 4.69) is 339 Å². The number of rotatable bonds is 11. The molecule has 0 amide bonds. The second-order valence-electron chi connectivity index (χ2n) is 21.5. The average molecular weight is 1040 g/mol. The minimum Gasteiger partial charge on any atom is -0.310 e. The number of fused-ring (bicyclic) bond motifs is 5. The largest absolute Gasteiger partial charge is 0.310 e. The molecule has 1 nitrogen and oxygen atoms in total. The number of benzene rings is 14. The van der Waals surface area contributed by atoms with Crippen LogP contribution in [0.4, 0.5) is 17.1 Å². The van der Waals surface area contributed by atoms with Crippen LogP contribution in [0.3, 0.4) is 0 Å². The van der Waals surface area contributed by atoms with Crippen molar-refractivity contribution in [2.45, 2.75) is 5.41 Å². The van der Waals surface area contributed by atoms with Crippen molar-refractivity contribution in [3.63, 3.8) is 0 Å². The Morgan fingerprint density at radius 3 is 1.13 bits per heavy atom. The fraction of sp³-hybridized carbons (Fsp3) is 0.0123. The van der Waals surface area contributed by atoms with Crippen molar-refractivity contribution in [2.24, 2.45) is 0 Å². The third-order valence-corrected chi connectivity index (χ3v) is 16.9. The van der Waals surface area contributed by atoms with E-state index in [1.165, 1.54) is 111 Å². The van der Waals surface area contributed by atoms with Crippen molar-refractivity contribution in [1.29, 1.82) is 0 Å². The second-order valence-corrected chi connectivity index (χ2v) is 21.5. The molecule has 0 radical (unpaired) electrons. The first-order valence-corrected chi connectivity index (χ1v) is 28.4. The Morgan fingerprint density at radius 1 is 0.207 bits per heavy atom. The number of hydrogen-bond donors (Lipinski definition) is 0. The Morgan fingerprint density at radius 2 is 0.598 bits per heavy atom. The van der Waals surface area contributed by atoms with Crippen molar-refractivity contribution >= 4 is 38.6 Å². The summed E-state index contributed by atoms with van der Waals surface area (Å²) in [6.07, 6.45) is 0. The quantitative estimate of drug-likeness (QED) is 0.125. The smallest absolute Gasteiger partial charge is 0.0714 e. The summed E-state index contributed by atoms with van der Waals surface area (Å²) >= 11 is 0. The maximum Gasteiger partial charge on any atom is 0.0714 e. The maximum absolute atomic E-state index is 2.47. The molecule has 0 bridgehead atoms. The van der Waals surface area contributed by atoms with Crippen molar-refractivity contribution in [3.8, 4) is 77.9 Å². The Bertz CT molecular complexity index is 4570. The van der Waals surface area contributed by atoms with E-state index in [-0.39, 0.29) is 0 Å². The highest BCUT2D eigenvalue weighted by molar-refractivity contribution is 6.19. The van der Waals surface area contributed by atoms with Gasteiger partial charge in [-0.1, -0.05) is 285 Å². The minimum absolute atomic E-state index is 0.544. The third-order valence-electron chi connectivity index (χ3n) is 16.9. The van der Waals surface area contributed by atoms with Crippen LogP contribution in [0.1, 0.15) is 22.3 Å². The van der Waals surface area contributed by atoms with E-state index in [1.807, 2.05) is 0 Å². The highest BCUT2D eigenvalue weighted by atomic mass is 15.1. The van der Waals surface area contributed by atoms with Gasteiger partial charge < -0.3 is 4.90 Å². The third kappa shape index (κ3) is 8.25. The van der Waals surface area contributed by atoms with Crippen molar-refractivity contribution in [2.75, 3.05) is 4.90 Å². The van der Waals surface area contributed by atoms with Crippen LogP contribution in [0.15, 0.2) is 334 Å². The minimum atomic E-state index is -0.544. The van der Waals surface area contributed by atoms with Crippen LogP contribution in [-0.2, 0) is 5.41 Å². The summed E-state index contributed by atoms with van der Waals surface area (Å²) in [4.78, 5) is 2.44. The summed E-state index contributed by atoms with van der Waals surface area (Å²) in [6.45, 7) is 0. The molecule has 0 aliphatic heterocycles. The van der Waals surface area contributed by atoms with Gasteiger partial charge in [0.15, 0.2) is 0 Å². The van der Waals surface area contributed by atoms with Crippen LogP contribution in [0, 0.1) is 0 Å². The van der Waals surface area contributed by atoms with Crippen molar-refractivity contribution in [1.82, 2.24) is 0 Å². The van der Waals surface area contributed by atoms with E-state index in [4.69, 9.17) is 0 Å². The molecule has 0 saturated carbocycles. The van der Waals surface area contributed by atoms with Crippen molar-refractivity contribution in [3.05, 3.63) is 356 Å². The molecule has 0 aromatic heterocycles. The van der Waals surface area contributed by atoms with Gasteiger partial charge in [0.05, 0.1) is 5.41 Å². The Labute approximate surface area is 480 Å². The fourth-order valence-electron chi connectivity index (χ4n) is 13.3. The van der Waals surface area contributed by atoms with Gasteiger partial charge in [-0.15, -0.1) is 0 Å². The summed E-state index contributed by atoms with van der Waals surface area (Å²) in [5, 5.41) is 4.89. The van der Waals surface area contributed by atoms with Crippen molar-refractivity contribution < 1.29 is 0 Å². The van der Waals surface area contributed by atoms with Crippen LogP contribution in [0.5, 0.6) is 0 Å². The van der Waals surface area contributed by atoms with Crippen LogP contribution >= 0.6 is 0 Å². The molecule has 1 aliphatic rings. The van der Waals surface area contributed by atoms with E-state index >= 15 is 0 Å². The zero-order chi connectivity index (χ0) is 54.4. The first kappa shape index (κ1) is 48.5. The molecular formula is C81H55N. The Balaban J connectivity index is 0.921. The zero-order valence-electron chi connectivity index (χ0n) is 45.2. The monoisotopic (exact) mass is 1040 g/mol. The highest BCUT2D eigenvalue weighted by Gasteiger charge is 2.46. The molecule has 15 rings (SSSR count). The highest BCUT2D eigenvalue weighted by Crippen LogP contribution is 2.58. The molecule has 1 heteroatoms.